The van der Waals surface area contributed by atoms with E-state index in [1.165, 1.54) is 12.1 Å². The fourth-order valence-corrected chi connectivity index (χ4v) is 0.720. The third kappa shape index (κ3) is 2.37. The second-order valence-electron chi connectivity index (χ2n) is 2.25. The summed E-state index contributed by atoms with van der Waals surface area (Å²) in [6, 6.07) is 5.02. The molecule has 0 heterocycles. The number of carbonyl (C=O) groups is 1. The largest absolute Gasteiger partial charge is 0.481 e. The van der Waals surface area contributed by atoms with E-state index in [2.05, 4.69) is 0 Å². The molecule has 11 heavy (non-hydrogen) atoms. The zero-order valence-electron chi connectivity index (χ0n) is 5.97. The molecule has 0 atom stereocenters. The van der Waals surface area contributed by atoms with Crippen molar-refractivity contribution in [1.82, 2.24) is 0 Å². The zero-order chi connectivity index (χ0) is 8.43. The second-order valence-corrected chi connectivity index (χ2v) is 2.25. The monoisotopic (exact) mass is 154 g/mol. The first kappa shape index (κ1) is 7.72. The average molecular weight is 154 g/mol. The Labute approximate surface area is 63.3 Å². The predicted molar refractivity (Wildman–Crippen MR) is 38.7 cm³/mol. The van der Waals surface area contributed by atoms with Gasteiger partial charge in [-0.15, -0.1) is 0 Å². The van der Waals surface area contributed by atoms with Crippen LogP contribution in [0.2, 0.25) is 0 Å². The van der Waals surface area contributed by atoms with Crippen molar-refractivity contribution in [2.24, 2.45) is 0 Å². The van der Waals surface area contributed by atoms with Crippen LogP contribution in [-0.4, -0.2) is 11.1 Å². The van der Waals surface area contributed by atoms with Gasteiger partial charge in [-0.2, -0.15) is 0 Å². The Morgan fingerprint density at radius 1 is 1.36 bits per heavy atom. The van der Waals surface area contributed by atoms with E-state index >= 15 is 0 Å². The lowest BCUT2D eigenvalue weighted by molar-refractivity contribution is -0.134. The first-order valence-electron chi connectivity index (χ1n) is 3.10. The molecule has 3 heteroatoms. The fourth-order valence-electron chi connectivity index (χ4n) is 0.720. The Kier molecular flexibility index (Phi) is 1.89. The summed E-state index contributed by atoms with van der Waals surface area (Å²) in [5.41, 5.74) is 2.13. The van der Waals surface area contributed by atoms with Crippen molar-refractivity contribution >= 4 is 5.97 Å². The number of hydrogen-bond acceptors (Lipinski definition) is 1. The van der Waals surface area contributed by atoms with Gasteiger partial charge < -0.3 is 5.11 Å². The summed E-state index contributed by atoms with van der Waals surface area (Å²) in [7, 11) is 0. The molecule has 0 aliphatic heterocycles. The van der Waals surface area contributed by atoms with E-state index in [1.54, 1.807) is 0 Å². The van der Waals surface area contributed by atoms with E-state index in [4.69, 9.17) is 9.90 Å². The lowest BCUT2D eigenvalue weighted by Crippen LogP contribution is -1.78. The summed E-state index contributed by atoms with van der Waals surface area (Å²) in [6.45, 7) is 1.08. The maximum Gasteiger partial charge on any atom is 0.300 e. The summed E-state index contributed by atoms with van der Waals surface area (Å²) in [5.74, 6) is -0.937. The molecule has 2 rings (SSSR count). The summed E-state index contributed by atoms with van der Waals surface area (Å²) in [5, 5.41) is 7.42. The summed E-state index contributed by atoms with van der Waals surface area (Å²) in [6.07, 6.45) is 0. The van der Waals surface area contributed by atoms with Crippen LogP contribution in [0, 0.1) is 5.82 Å². The number of halogens is 1. The molecule has 0 amide bonds. The quantitative estimate of drug-likeness (QED) is 0.629. The van der Waals surface area contributed by atoms with E-state index in [0.29, 0.717) is 0 Å². The maximum absolute atomic E-state index is 11.9. The summed E-state index contributed by atoms with van der Waals surface area (Å²) < 4.78 is 11.9. The Morgan fingerprint density at radius 2 is 1.73 bits per heavy atom. The van der Waals surface area contributed by atoms with Gasteiger partial charge in [0.2, 0.25) is 0 Å². The molecule has 58 valence electrons. The SMILES string of the molecule is CC(=O)O.Fc1cc2cc-2c1. The molecule has 1 N–H and O–H groups in total. The zero-order valence-corrected chi connectivity index (χ0v) is 5.97. The van der Waals surface area contributed by atoms with Crippen molar-refractivity contribution in [1.29, 1.82) is 0 Å². The van der Waals surface area contributed by atoms with E-state index in [0.717, 1.165) is 18.1 Å². The van der Waals surface area contributed by atoms with Gasteiger partial charge in [-0.3, -0.25) is 4.79 Å². The third-order valence-corrected chi connectivity index (χ3v) is 1.15. The van der Waals surface area contributed by atoms with Crippen molar-refractivity contribution in [3.63, 3.8) is 0 Å². The minimum atomic E-state index is -0.833. The summed E-state index contributed by atoms with van der Waals surface area (Å²) >= 11 is 0. The highest BCUT2D eigenvalue weighted by molar-refractivity contribution is 5.80. The Bertz CT molecular complexity index is 270. The van der Waals surface area contributed by atoms with Crippen LogP contribution in [0.25, 0.3) is 11.1 Å². The Hall–Kier alpha value is -1.38. The van der Waals surface area contributed by atoms with Crippen LogP contribution in [0.3, 0.4) is 0 Å². The predicted octanol–water partition coefficient (Wildman–Crippen LogP) is 1.90. The van der Waals surface area contributed by atoms with Crippen molar-refractivity contribution in [3.05, 3.63) is 24.0 Å². The normalized spacial score (nSPS) is 9.64. The molecule has 0 aromatic carbocycles. The highest BCUT2D eigenvalue weighted by Crippen LogP contribution is 2.34. The molecule has 0 unspecified atom stereocenters. The molecule has 0 bridgehead atoms. The van der Waals surface area contributed by atoms with Crippen LogP contribution in [0.4, 0.5) is 4.39 Å². The third-order valence-electron chi connectivity index (χ3n) is 1.15. The topological polar surface area (TPSA) is 37.3 Å². The van der Waals surface area contributed by atoms with Gasteiger partial charge in [-0.05, 0) is 29.3 Å². The first-order valence-corrected chi connectivity index (χ1v) is 3.10. The van der Waals surface area contributed by atoms with Crippen LogP contribution in [0.5, 0.6) is 0 Å². The minimum Gasteiger partial charge on any atom is -0.481 e. The Balaban J connectivity index is 0.000000134. The van der Waals surface area contributed by atoms with Gasteiger partial charge in [0.1, 0.15) is 5.82 Å². The molecule has 0 radical (unpaired) electrons. The Morgan fingerprint density at radius 3 is 1.91 bits per heavy atom. The number of rotatable bonds is 0. The van der Waals surface area contributed by atoms with Crippen LogP contribution in [0.1, 0.15) is 6.92 Å². The highest BCUT2D eigenvalue weighted by Gasteiger charge is 2.12. The van der Waals surface area contributed by atoms with Gasteiger partial charge in [0, 0.05) is 6.92 Å². The van der Waals surface area contributed by atoms with Crippen LogP contribution in [-0.2, 0) is 4.79 Å². The minimum absolute atomic E-state index is 0.104. The van der Waals surface area contributed by atoms with Crippen molar-refractivity contribution in [3.8, 4) is 11.1 Å². The maximum atomic E-state index is 11.9. The van der Waals surface area contributed by atoms with Gasteiger partial charge in [0.15, 0.2) is 0 Å². The molecule has 2 nitrogen and oxygen atoms in total. The standard InChI is InChI=1S/C6H3F.C2H4O2/c7-6-2-4-1-5(4)3-6;1-2(3)4/h1-3H;1H3,(H,3,4). The molecular weight excluding hydrogens is 147 g/mol. The molecule has 0 aromatic heterocycles. The average Bonchev–Trinajstić information content (AvgIpc) is 2.38. The van der Waals surface area contributed by atoms with Gasteiger partial charge >= 0.3 is 0 Å². The van der Waals surface area contributed by atoms with Crippen LogP contribution >= 0.6 is 0 Å². The van der Waals surface area contributed by atoms with Crippen molar-refractivity contribution < 1.29 is 14.3 Å². The number of carboxylic acids is 1. The molecule has 0 spiro atoms. The van der Waals surface area contributed by atoms with E-state index in [1.807, 2.05) is 6.07 Å². The van der Waals surface area contributed by atoms with Crippen molar-refractivity contribution in [2.75, 3.05) is 0 Å². The van der Waals surface area contributed by atoms with E-state index in [-0.39, 0.29) is 5.82 Å². The van der Waals surface area contributed by atoms with Gasteiger partial charge in [0.25, 0.3) is 5.97 Å². The van der Waals surface area contributed by atoms with Crippen molar-refractivity contribution in [2.45, 2.75) is 6.92 Å². The number of carboxylic acid groups (broad SMARTS) is 1. The van der Waals surface area contributed by atoms with Crippen LogP contribution in [0.15, 0.2) is 18.2 Å². The highest BCUT2D eigenvalue weighted by atomic mass is 19.1. The molecule has 2 aliphatic carbocycles. The molecule has 0 aromatic rings. The lowest BCUT2D eigenvalue weighted by Gasteiger charge is -1.64. The van der Waals surface area contributed by atoms with Gasteiger partial charge in [0.05, 0.1) is 0 Å². The number of hydrogen-bond donors (Lipinski definition) is 1. The van der Waals surface area contributed by atoms with Gasteiger partial charge in [-0.1, -0.05) is 0 Å². The number of aliphatic carboxylic acids is 1. The van der Waals surface area contributed by atoms with E-state index < -0.39 is 5.97 Å². The van der Waals surface area contributed by atoms with Gasteiger partial charge in [-0.25, -0.2) is 4.39 Å². The molecular formula is C8H7FO2. The smallest absolute Gasteiger partial charge is 0.300 e. The van der Waals surface area contributed by atoms with Crippen LogP contribution < -0.4 is 0 Å². The number of fused-ring (bicyclic) bond motifs is 1. The second kappa shape index (κ2) is 2.70. The molecule has 0 saturated heterocycles. The summed E-state index contributed by atoms with van der Waals surface area (Å²) in [4.78, 5) is 9.00. The molecule has 0 saturated carbocycles. The first-order chi connectivity index (χ1) is 5.09. The molecule has 0 fully saturated rings. The molecule has 2 aliphatic rings. The lowest BCUT2D eigenvalue weighted by atomic mass is 10.6. The number of benzene rings is 1. The van der Waals surface area contributed by atoms with E-state index in [9.17, 15) is 4.39 Å². The fraction of sp³-hybridized carbons (Fsp3) is 0.125.